The predicted molar refractivity (Wildman–Crippen MR) is 93.1 cm³/mol. The third-order valence-electron chi connectivity index (χ3n) is 5.42. The van der Waals surface area contributed by atoms with Crippen molar-refractivity contribution in [2.24, 2.45) is 11.8 Å². The molecule has 25 heavy (non-hydrogen) atoms. The Bertz CT molecular complexity index is 708. The van der Waals surface area contributed by atoms with Crippen molar-refractivity contribution in [3.05, 3.63) is 54.1 Å². The minimum atomic E-state index is -0.351. The van der Waals surface area contributed by atoms with Gasteiger partial charge in [0.05, 0.1) is 18.5 Å². The largest absolute Gasteiger partial charge is 0.508 e. The highest BCUT2D eigenvalue weighted by Crippen LogP contribution is 2.39. The first-order chi connectivity index (χ1) is 12.2. The van der Waals surface area contributed by atoms with Gasteiger partial charge in [-0.15, -0.1) is 0 Å². The van der Waals surface area contributed by atoms with Crippen LogP contribution in [0.15, 0.2) is 42.7 Å². The Morgan fingerprint density at radius 1 is 1.12 bits per heavy atom. The van der Waals surface area contributed by atoms with Crippen LogP contribution < -0.4 is 4.74 Å². The first kappa shape index (κ1) is 16.3. The lowest BCUT2D eigenvalue weighted by atomic mass is 10.0. The Morgan fingerprint density at radius 2 is 1.84 bits per heavy atom. The zero-order chi connectivity index (χ0) is 17.2. The van der Waals surface area contributed by atoms with Gasteiger partial charge in [0.15, 0.2) is 0 Å². The molecule has 1 aromatic heterocycles. The molecule has 1 aliphatic heterocycles. The highest BCUT2D eigenvalue weighted by molar-refractivity contribution is 5.26. The summed E-state index contributed by atoms with van der Waals surface area (Å²) in [5, 5.41) is 9.34. The van der Waals surface area contributed by atoms with Gasteiger partial charge in [-0.1, -0.05) is 12.1 Å². The van der Waals surface area contributed by atoms with Crippen molar-refractivity contribution in [3.8, 4) is 11.5 Å². The number of likely N-dealkylation sites (tertiary alicyclic amines) is 1. The molecule has 1 aromatic carbocycles. The van der Waals surface area contributed by atoms with E-state index in [1.54, 1.807) is 18.3 Å². The molecule has 3 atom stereocenters. The van der Waals surface area contributed by atoms with E-state index in [1.807, 2.05) is 12.1 Å². The lowest BCUT2D eigenvalue weighted by molar-refractivity contribution is 0.184. The zero-order valence-corrected chi connectivity index (χ0v) is 14.1. The van der Waals surface area contributed by atoms with Gasteiger partial charge in [-0.2, -0.15) is 0 Å². The van der Waals surface area contributed by atoms with Crippen molar-refractivity contribution in [1.29, 1.82) is 0 Å². The van der Waals surface area contributed by atoms with Crippen LogP contribution in [-0.2, 0) is 6.42 Å². The van der Waals surface area contributed by atoms with Crippen LogP contribution in [0.3, 0.4) is 0 Å². The van der Waals surface area contributed by atoms with E-state index in [4.69, 9.17) is 4.74 Å². The van der Waals surface area contributed by atoms with Gasteiger partial charge in [0.25, 0.3) is 0 Å². The standard InChI is InChI=1S/C20H23FN2O2/c21-17-9-20(11-22-10-17)25-19-7-15-12-23(13-16(15)8-19)6-5-14-1-3-18(24)4-2-14/h1-4,9-11,15-16,19,24H,5-8,12-13H2/t15-,16?,19?/m1/s1. The number of aromatic nitrogens is 1. The van der Waals surface area contributed by atoms with E-state index in [9.17, 15) is 9.50 Å². The van der Waals surface area contributed by atoms with Gasteiger partial charge < -0.3 is 14.7 Å². The van der Waals surface area contributed by atoms with E-state index in [0.29, 0.717) is 23.3 Å². The summed E-state index contributed by atoms with van der Waals surface area (Å²) in [7, 11) is 0. The molecule has 2 heterocycles. The number of benzene rings is 1. The SMILES string of the molecule is Oc1ccc(CCN2CC3CC(Oc4cncc(F)c4)C[C@@H]3C2)cc1. The van der Waals surface area contributed by atoms with Gasteiger partial charge in [0, 0.05) is 25.7 Å². The molecule has 0 bridgehead atoms. The maximum absolute atomic E-state index is 13.2. The van der Waals surface area contributed by atoms with E-state index in [0.717, 1.165) is 38.9 Å². The van der Waals surface area contributed by atoms with Crippen LogP contribution in [0, 0.1) is 17.7 Å². The number of halogens is 1. The van der Waals surface area contributed by atoms with Crippen LogP contribution in [0.4, 0.5) is 4.39 Å². The maximum atomic E-state index is 13.2. The zero-order valence-electron chi connectivity index (χ0n) is 14.1. The Balaban J connectivity index is 1.25. The predicted octanol–water partition coefficient (Wildman–Crippen LogP) is 3.26. The van der Waals surface area contributed by atoms with Crippen LogP contribution in [0.2, 0.25) is 0 Å². The van der Waals surface area contributed by atoms with Crippen LogP contribution in [-0.4, -0.2) is 40.7 Å². The van der Waals surface area contributed by atoms with Crippen molar-refractivity contribution in [2.45, 2.75) is 25.4 Å². The number of aromatic hydroxyl groups is 1. The lowest BCUT2D eigenvalue weighted by Gasteiger charge is -2.19. The number of nitrogens with zero attached hydrogens (tertiary/aromatic N) is 2. The van der Waals surface area contributed by atoms with Crippen molar-refractivity contribution >= 4 is 0 Å². The summed E-state index contributed by atoms with van der Waals surface area (Å²) in [5.41, 5.74) is 1.26. The molecule has 0 spiro atoms. The van der Waals surface area contributed by atoms with E-state index >= 15 is 0 Å². The first-order valence-electron chi connectivity index (χ1n) is 8.93. The fourth-order valence-corrected chi connectivity index (χ4v) is 4.22. The Morgan fingerprint density at radius 3 is 2.52 bits per heavy atom. The Hall–Kier alpha value is -2.14. The molecule has 5 heteroatoms. The van der Waals surface area contributed by atoms with E-state index in [1.165, 1.54) is 17.8 Å². The first-order valence-corrected chi connectivity index (χ1v) is 8.93. The fraction of sp³-hybridized carbons (Fsp3) is 0.450. The van der Waals surface area contributed by atoms with Crippen molar-refractivity contribution in [1.82, 2.24) is 9.88 Å². The molecule has 4 rings (SSSR count). The highest BCUT2D eigenvalue weighted by atomic mass is 19.1. The number of hydrogen-bond donors (Lipinski definition) is 1. The molecule has 2 aliphatic rings. The number of pyridine rings is 1. The second kappa shape index (κ2) is 7.00. The summed E-state index contributed by atoms with van der Waals surface area (Å²) < 4.78 is 19.1. The van der Waals surface area contributed by atoms with Crippen molar-refractivity contribution < 1.29 is 14.2 Å². The van der Waals surface area contributed by atoms with Gasteiger partial charge in [0.1, 0.15) is 17.3 Å². The molecule has 1 aliphatic carbocycles. The van der Waals surface area contributed by atoms with Crippen LogP contribution in [0.25, 0.3) is 0 Å². The molecule has 1 saturated heterocycles. The van der Waals surface area contributed by atoms with Crippen LogP contribution in [0.1, 0.15) is 18.4 Å². The van der Waals surface area contributed by atoms with E-state index in [-0.39, 0.29) is 11.9 Å². The Labute approximate surface area is 147 Å². The number of rotatable bonds is 5. The summed E-state index contributed by atoms with van der Waals surface area (Å²) >= 11 is 0. The molecule has 2 unspecified atom stereocenters. The third kappa shape index (κ3) is 3.93. The molecule has 0 radical (unpaired) electrons. The molecule has 2 aromatic rings. The number of fused-ring (bicyclic) bond motifs is 1. The number of phenols is 1. The third-order valence-corrected chi connectivity index (χ3v) is 5.42. The average molecular weight is 342 g/mol. The van der Waals surface area contributed by atoms with Crippen LogP contribution in [0.5, 0.6) is 11.5 Å². The summed E-state index contributed by atoms with van der Waals surface area (Å²) in [6.07, 6.45) is 6.05. The maximum Gasteiger partial charge on any atom is 0.145 e. The molecular formula is C20H23FN2O2. The molecule has 132 valence electrons. The molecule has 2 fully saturated rings. The molecule has 0 amide bonds. The van der Waals surface area contributed by atoms with Crippen molar-refractivity contribution in [3.63, 3.8) is 0 Å². The van der Waals surface area contributed by atoms with Crippen molar-refractivity contribution in [2.75, 3.05) is 19.6 Å². The summed E-state index contributed by atoms with van der Waals surface area (Å²) in [4.78, 5) is 6.38. The number of phenolic OH excluding ortho intramolecular Hbond substituents is 1. The minimum Gasteiger partial charge on any atom is -0.508 e. The number of hydrogen-bond acceptors (Lipinski definition) is 4. The Kier molecular flexibility index (Phi) is 4.57. The normalized spacial score (nSPS) is 25.9. The smallest absolute Gasteiger partial charge is 0.145 e. The highest BCUT2D eigenvalue weighted by Gasteiger charge is 2.41. The second-order valence-electron chi connectivity index (χ2n) is 7.25. The van der Waals surface area contributed by atoms with E-state index in [2.05, 4.69) is 9.88 Å². The quantitative estimate of drug-likeness (QED) is 0.906. The number of ether oxygens (including phenoxy) is 1. The molecule has 1 saturated carbocycles. The average Bonchev–Trinajstić information content (AvgIpc) is 3.12. The fourth-order valence-electron chi connectivity index (χ4n) is 4.22. The molecule has 4 nitrogen and oxygen atoms in total. The topological polar surface area (TPSA) is 45.6 Å². The van der Waals surface area contributed by atoms with E-state index < -0.39 is 0 Å². The molecular weight excluding hydrogens is 319 g/mol. The summed E-state index contributed by atoms with van der Waals surface area (Å²) in [5.74, 6) is 1.85. The summed E-state index contributed by atoms with van der Waals surface area (Å²) in [6.45, 7) is 3.28. The van der Waals surface area contributed by atoms with Gasteiger partial charge in [0.2, 0.25) is 0 Å². The second-order valence-corrected chi connectivity index (χ2v) is 7.25. The monoisotopic (exact) mass is 342 g/mol. The molecule has 1 N–H and O–H groups in total. The van der Waals surface area contributed by atoms with Crippen LogP contribution >= 0.6 is 0 Å². The van der Waals surface area contributed by atoms with Gasteiger partial charge in [-0.25, -0.2) is 4.39 Å². The summed E-state index contributed by atoms with van der Waals surface area (Å²) in [6, 6.07) is 8.88. The minimum absolute atomic E-state index is 0.179. The van der Waals surface area contributed by atoms with Gasteiger partial charge in [-0.05, 0) is 48.8 Å². The lowest BCUT2D eigenvalue weighted by Crippen LogP contribution is -2.26. The van der Waals surface area contributed by atoms with Gasteiger partial charge in [-0.3, -0.25) is 4.98 Å². The van der Waals surface area contributed by atoms with Gasteiger partial charge >= 0.3 is 0 Å².